The van der Waals surface area contributed by atoms with Crippen molar-refractivity contribution in [1.29, 1.82) is 0 Å². The first kappa shape index (κ1) is 23.1. The first-order valence-electron chi connectivity index (χ1n) is 10.8. The maximum atomic E-state index is 12.9. The third kappa shape index (κ3) is 3.94. The van der Waals surface area contributed by atoms with Crippen LogP contribution in [0.5, 0.6) is 0 Å². The molecule has 33 heavy (non-hydrogen) atoms. The van der Waals surface area contributed by atoms with E-state index in [0.717, 1.165) is 31.0 Å². The number of halogens is 3. The molecule has 1 atom stereocenters. The van der Waals surface area contributed by atoms with E-state index in [9.17, 15) is 23.1 Å². The molecule has 11 heteroatoms. The zero-order valence-electron chi connectivity index (χ0n) is 18.0. The predicted molar refractivity (Wildman–Crippen MR) is 112 cm³/mol. The highest BCUT2D eigenvalue weighted by Crippen LogP contribution is 2.47. The molecule has 4 heterocycles. The quantitative estimate of drug-likeness (QED) is 0.706. The van der Waals surface area contributed by atoms with Crippen LogP contribution < -0.4 is 4.90 Å². The van der Waals surface area contributed by atoms with Gasteiger partial charge in [0, 0.05) is 37.9 Å². The summed E-state index contributed by atoms with van der Waals surface area (Å²) in [6.07, 6.45) is 0.674. The highest BCUT2D eigenvalue weighted by Gasteiger charge is 2.51. The molecule has 2 aromatic heterocycles. The van der Waals surface area contributed by atoms with Gasteiger partial charge in [0.1, 0.15) is 0 Å². The number of anilines is 1. The van der Waals surface area contributed by atoms with E-state index in [1.807, 2.05) is 17.2 Å². The fourth-order valence-electron chi connectivity index (χ4n) is 5.03. The second kappa shape index (κ2) is 8.36. The van der Waals surface area contributed by atoms with E-state index >= 15 is 0 Å². The summed E-state index contributed by atoms with van der Waals surface area (Å²) in [6, 6.07) is 8.35. The Hall–Kier alpha value is -3.08. The number of aliphatic carboxylic acids is 1. The van der Waals surface area contributed by atoms with Gasteiger partial charge in [0.05, 0.1) is 23.0 Å². The number of likely N-dealkylation sites (tertiary alicyclic amines) is 1. The smallest absolute Gasteiger partial charge is 0.475 e. The van der Waals surface area contributed by atoms with Crippen LogP contribution in [0.15, 0.2) is 36.7 Å². The van der Waals surface area contributed by atoms with E-state index in [4.69, 9.17) is 9.90 Å². The van der Waals surface area contributed by atoms with Crippen LogP contribution in [0.3, 0.4) is 0 Å². The summed E-state index contributed by atoms with van der Waals surface area (Å²) < 4.78 is 33.9. The molecule has 1 spiro atoms. The van der Waals surface area contributed by atoms with E-state index in [0.29, 0.717) is 19.4 Å². The summed E-state index contributed by atoms with van der Waals surface area (Å²) in [5.41, 5.74) is 2.15. The van der Waals surface area contributed by atoms with E-state index in [-0.39, 0.29) is 23.5 Å². The number of carbonyl (C=O) groups is 2. The van der Waals surface area contributed by atoms with Gasteiger partial charge >= 0.3 is 12.1 Å². The maximum absolute atomic E-state index is 12.9. The number of rotatable bonds is 2. The minimum atomic E-state index is -5.08. The van der Waals surface area contributed by atoms with Crippen molar-refractivity contribution in [3.05, 3.63) is 42.4 Å². The van der Waals surface area contributed by atoms with Crippen molar-refractivity contribution in [1.82, 2.24) is 14.5 Å². The monoisotopic (exact) mass is 466 g/mol. The average Bonchev–Trinajstić information content (AvgIpc) is 3.40. The second-order valence-corrected chi connectivity index (χ2v) is 8.52. The minimum Gasteiger partial charge on any atom is -0.475 e. The number of likely N-dealkylation sites (N-methyl/N-ethyl adjacent to an activating group) is 1. The zero-order chi connectivity index (χ0) is 24.0. The molecule has 1 amide bonds. The Labute approximate surface area is 188 Å². The van der Waals surface area contributed by atoms with Crippen LogP contribution in [0.4, 0.5) is 18.9 Å². The Balaban J connectivity index is 0.000000325. The lowest BCUT2D eigenvalue weighted by molar-refractivity contribution is -0.192. The van der Waals surface area contributed by atoms with Crippen LogP contribution in [0.2, 0.25) is 0 Å². The topological polar surface area (TPSA) is 98.9 Å². The standard InChI is InChI=1S/C20H24N4O2.C2HF3O2/c1-2-24-16-5-3-8-21-18(16)23-9-4-6-17(23)20(24)7-10-22(13-20)19(26)14-11-15(25)12-14;3-2(4,5)1(6)7/h3-6,8-9,14-15,25H,2,7,10-13H2,1H3;(H,6,7). The molecule has 5 rings (SSSR count). The van der Waals surface area contributed by atoms with Crippen LogP contribution in [0, 0.1) is 5.92 Å². The average molecular weight is 466 g/mol. The van der Waals surface area contributed by atoms with Crippen LogP contribution in [0.25, 0.3) is 5.82 Å². The van der Waals surface area contributed by atoms with Crippen molar-refractivity contribution < 1.29 is 33.0 Å². The van der Waals surface area contributed by atoms with Crippen molar-refractivity contribution in [2.75, 3.05) is 24.5 Å². The fourth-order valence-corrected chi connectivity index (χ4v) is 5.03. The lowest BCUT2D eigenvalue weighted by Gasteiger charge is -2.47. The highest BCUT2D eigenvalue weighted by atomic mass is 19.4. The SMILES string of the molecule is CCN1c2cccnc2-n2cccc2C12CCN(C(=O)C1CC(O)C1)C2.O=C(O)C(F)(F)F. The summed E-state index contributed by atoms with van der Waals surface area (Å²) in [5, 5.41) is 16.7. The zero-order valence-corrected chi connectivity index (χ0v) is 18.0. The number of aliphatic hydroxyl groups excluding tert-OH is 1. The molecule has 0 bridgehead atoms. The van der Waals surface area contributed by atoms with Gasteiger partial charge in [-0.2, -0.15) is 13.2 Å². The van der Waals surface area contributed by atoms with Gasteiger partial charge in [-0.3, -0.25) is 4.79 Å². The van der Waals surface area contributed by atoms with Crippen LogP contribution in [-0.2, 0) is 15.1 Å². The normalized spacial score (nSPS) is 25.6. The number of pyridine rings is 1. The molecule has 2 N–H and O–H groups in total. The molecule has 1 aliphatic carbocycles. The molecular weight excluding hydrogens is 441 g/mol. The number of fused-ring (bicyclic) bond motifs is 4. The third-order valence-corrected chi connectivity index (χ3v) is 6.61. The molecule has 178 valence electrons. The fraction of sp³-hybridized carbons (Fsp3) is 0.500. The van der Waals surface area contributed by atoms with Crippen LogP contribution in [0.1, 0.15) is 31.9 Å². The number of hydrogen-bond donors (Lipinski definition) is 2. The van der Waals surface area contributed by atoms with Crippen LogP contribution in [-0.4, -0.2) is 68.5 Å². The van der Waals surface area contributed by atoms with E-state index in [1.165, 1.54) is 5.69 Å². The Bertz CT molecular complexity index is 1050. The number of aliphatic hydroxyl groups is 1. The molecule has 1 saturated carbocycles. The van der Waals surface area contributed by atoms with Crippen molar-refractivity contribution in [3.8, 4) is 5.82 Å². The minimum absolute atomic E-state index is 0.000411. The van der Waals surface area contributed by atoms with Crippen molar-refractivity contribution >= 4 is 17.6 Å². The number of carbonyl (C=O) groups excluding carboxylic acids is 1. The highest BCUT2D eigenvalue weighted by molar-refractivity contribution is 5.81. The molecule has 0 radical (unpaired) electrons. The Kier molecular flexibility index (Phi) is 5.85. The molecule has 1 saturated heterocycles. The summed E-state index contributed by atoms with van der Waals surface area (Å²) in [7, 11) is 0. The third-order valence-electron chi connectivity index (χ3n) is 6.61. The predicted octanol–water partition coefficient (Wildman–Crippen LogP) is 2.54. The Morgan fingerprint density at radius 2 is 1.94 bits per heavy atom. The van der Waals surface area contributed by atoms with Crippen molar-refractivity contribution in [2.45, 2.75) is 44.0 Å². The molecule has 2 fully saturated rings. The Morgan fingerprint density at radius 1 is 1.24 bits per heavy atom. The van der Waals surface area contributed by atoms with Gasteiger partial charge < -0.3 is 24.6 Å². The molecular formula is C22H25F3N4O4. The summed E-state index contributed by atoms with van der Waals surface area (Å²) in [5.74, 6) is -1.59. The van der Waals surface area contributed by atoms with E-state index in [1.54, 1.807) is 0 Å². The molecule has 0 aromatic carbocycles. The van der Waals surface area contributed by atoms with Gasteiger partial charge in [-0.15, -0.1) is 0 Å². The summed E-state index contributed by atoms with van der Waals surface area (Å²) >= 11 is 0. The Morgan fingerprint density at radius 3 is 2.55 bits per heavy atom. The number of alkyl halides is 3. The number of carboxylic acid groups (broad SMARTS) is 1. The lowest BCUT2D eigenvalue weighted by Crippen LogP contribution is -2.53. The summed E-state index contributed by atoms with van der Waals surface area (Å²) in [6.45, 7) is 4.51. The number of carboxylic acids is 1. The first-order chi connectivity index (χ1) is 15.6. The van der Waals surface area contributed by atoms with Crippen LogP contribution >= 0.6 is 0 Å². The number of hydrogen-bond acceptors (Lipinski definition) is 5. The second-order valence-electron chi connectivity index (χ2n) is 8.52. The molecule has 1 unspecified atom stereocenters. The largest absolute Gasteiger partial charge is 0.490 e. The van der Waals surface area contributed by atoms with Gasteiger partial charge in [-0.25, -0.2) is 9.78 Å². The molecule has 2 aromatic rings. The van der Waals surface area contributed by atoms with Gasteiger partial charge in [-0.05, 0) is 50.5 Å². The number of aromatic nitrogens is 2. The summed E-state index contributed by atoms with van der Waals surface area (Å²) in [4.78, 5) is 30.8. The number of nitrogens with zero attached hydrogens (tertiary/aromatic N) is 4. The molecule has 3 aliphatic rings. The van der Waals surface area contributed by atoms with Gasteiger partial charge in [-0.1, -0.05) is 0 Å². The van der Waals surface area contributed by atoms with E-state index < -0.39 is 12.1 Å². The lowest BCUT2D eigenvalue weighted by atomic mass is 9.81. The molecule has 2 aliphatic heterocycles. The maximum Gasteiger partial charge on any atom is 0.490 e. The first-order valence-corrected chi connectivity index (χ1v) is 10.8. The molecule has 8 nitrogen and oxygen atoms in total. The number of amides is 1. The van der Waals surface area contributed by atoms with Gasteiger partial charge in [0.2, 0.25) is 5.91 Å². The van der Waals surface area contributed by atoms with Crippen molar-refractivity contribution in [3.63, 3.8) is 0 Å². The van der Waals surface area contributed by atoms with Crippen molar-refractivity contribution in [2.24, 2.45) is 5.92 Å². The van der Waals surface area contributed by atoms with E-state index in [2.05, 4.69) is 45.8 Å². The van der Waals surface area contributed by atoms with Gasteiger partial charge in [0.15, 0.2) is 5.82 Å². The van der Waals surface area contributed by atoms with Gasteiger partial charge in [0.25, 0.3) is 0 Å².